The molecule has 1 heterocycles. The van der Waals surface area contributed by atoms with E-state index >= 15 is 0 Å². The van der Waals surface area contributed by atoms with Crippen molar-refractivity contribution in [1.82, 2.24) is 5.32 Å². The molecule has 0 saturated carbocycles. The SMILES string of the molecule is CN/C(C)=C(/C1=CC(C)CC(C)S1)C(C)C. The highest BCUT2D eigenvalue weighted by Crippen LogP contribution is 2.40. The second kappa shape index (κ2) is 5.81. The van der Waals surface area contributed by atoms with Gasteiger partial charge >= 0.3 is 0 Å². The molecule has 0 aromatic heterocycles. The van der Waals surface area contributed by atoms with Crippen molar-refractivity contribution >= 4 is 11.8 Å². The van der Waals surface area contributed by atoms with E-state index in [-0.39, 0.29) is 0 Å². The Morgan fingerprint density at radius 3 is 2.50 bits per heavy atom. The van der Waals surface area contributed by atoms with Crippen LogP contribution in [0, 0.1) is 11.8 Å². The van der Waals surface area contributed by atoms with Crippen LogP contribution < -0.4 is 5.32 Å². The minimum atomic E-state index is 0.587. The summed E-state index contributed by atoms with van der Waals surface area (Å²) in [6.45, 7) is 11.4. The third-order valence-corrected chi connectivity index (χ3v) is 4.29. The molecule has 0 aliphatic carbocycles. The van der Waals surface area contributed by atoms with E-state index in [1.54, 1.807) is 0 Å². The van der Waals surface area contributed by atoms with Gasteiger partial charge in [-0.05, 0) is 30.8 Å². The molecule has 1 nitrogen and oxygen atoms in total. The van der Waals surface area contributed by atoms with Crippen molar-refractivity contribution in [1.29, 1.82) is 0 Å². The third kappa shape index (κ3) is 3.31. The van der Waals surface area contributed by atoms with Gasteiger partial charge in [0.25, 0.3) is 0 Å². The second-order valence-electron chi connectivity index (χ2n) is 5.12. The second-order valence-corrected chi connectivity index (χ2v) is 6.60. The first-order chi connectivity index (χ1) is 7.45. The molecular weight excluding hydrogens is 214 g/mol. The van der Waals surface area contributed by atoms with Crippen LogP contribution >= 0.6 is 11.8 Å². The van der Waals surface area contributed by atoms with Gasteiger partial charge in [-0.3, -0.25) is 0 Å². The van der Waals surface area contributed by atoms with Crippen molar-refractivity contribution in [3.05, 3.63) is 22.3 Å². The summed E-state index contributed by atoms with van der Waals surface area (Å²) in [6.07, 6.45) is 3.75. The van der Waals surface area contributed by atoms with Gasteiger partial charge in [0, 0.05) is 22.9 Å². The van der Waals surface area contributed by atoms with E-state index < -0.39 is 0 Å². The van der Waals surface area contributed by atoms with Gasteiger partial charge in [-0.15, -0.1) is 11.8 Å². The Bertz CT molecular complexity index is 302. The Kier molecular flexibility index (Phi) is 4.97. The predicted molar refractivity (Wildman–Crippen MR) is 75.5 cm³/mol. The van der Waals surface area contributed by atoms with Gasteiger partial charge in [-0.1, -0.05) is 33.8 Å². The minimum absolute atomic E-state index is 0.587. The average molecular weight is 239 g/mol. The van der Waals surface area contributed by atoms with Gasteiger partial charge in [0.15, 0.2) is 0 Å². The molecule has 1 rings (SSSR count). The van der Waals surface area contributed by atoms with Crippen molar-refractivity contribution in [2.45, 2.75) is 46.3 Å². The number of hydrogen-bond donors (Lipinski definition) is 1. The average Bonchev–Trinajstić information content (AvgIpc) is 2.15. The fraction of sp³-hybridized carbons (Fsp3) is 0.714. The zero-order valence-electron chi connectivity index (χ0n) is 11.4. The first kappa shape index (κ1) is 13.7. The lowest BCUT2D eigenvalue weighted by Crippen LogP contribution is -2.15. The lowest BCUT2D eigenvalue weighted by Gasteiger charge is -2.27. The van der Waals surface area contributed by atoms with Gasteiger partial charge < -0.3 is 5.32 Å². The van der Waals surface area contributed by atoms with E-state index in [0.717, 1.165) is 5.25 Å². The molecule has 0 amide bonds. The highest BCUT2D eigenvalue weighted by molar-refractivity contribution is 8.03. The first-order valence-electron chi connectivity index (χ1n) is 6.23. The Labute approximate surface area is 105 Å². The van der Waals surface area contributed by atoms with Crippen molar-refractivity contribution in [3.8, 4) is 0 Å². The summed E-state index contributed by atoms with van der Waals surface area (Å²) in [4.78, 5) is 1.49. The molecule has 0 aromatic carbocycles. The van der Waals surface area contributed by atoms with Crippen LogP contribution in [0.25, 0.3) is 0 Å². The van der Waals surface area contributed by atoms with E-state index in [2.05, 4.69) is 46.0 Å². The molecule has 1 aliphatic rings. The zero-order chi connectivity index (χ0) is 12.3. The number of rotatable bonds is 3. The van der Waals surface area contributed by atoms with Gasteiger partial charge in [0.1, 0.15) is 0 Å². The highest BCUT2D eigenvalue weighted by Gasteiger charge is 2.22. The molecule has 0 radical (unpaired) electrons. The fourth-order valence-electron chi connectivity index (χ4n) is 2.34. The van der Waals surface area contributed by atoms with Crippen molar-refractivity contribution in [3.63, 3.8) is 0 Å². The number of allylic oxidation sites excluding steroid dienone is 3. The Morgan fingerprint density at radius 2 is 2.06 bits per heavy atom. The molecule has 1 aliphatic heterocycles. The molecule has 0 fully saturated rings. The molecule has 0 aromatic rings. The molecule has 2 unspecified atom stereocenters. The summed E-state index contributed by atoms with van der Waals surface area (Å²) in [7, 11) is 2.01. The van der Waals surface area contributed by atoms with Crippen LogP contribution in [0.5, 0.6) is 0 Å². The molecule has 92 valence electrons. The predicted octanol–water partition coefficient (Wildman–Crippen LogP) is 4.18. The third-order valence-electron chi connectivity index (χ3n) is 3.09. The van der Waals surface area contributed by atoms with Crippen LogP contribution in [0.2, 0.25) is 0 Å². The summed E-state index contributed by atoms with van der Waals surface area (Å²) in [6, 6.07) is 0. The highest BCUT2D eigenvalue weighted by atomic mass is 32.2. The normalized spacial score (nSPS) is 27.6. The van der Waals surface area contributed by atoms with Gasteiger partial charge in [-0.2, -0.15) is 0 Å². The standard InChI is InChI=1S/C14H25NS/c1-9(2)14(12(5)15-6)13-8-10(3)7-11(4)16-13/h8-11,15H,7H2,1-6H3/b14-12+. The molecular formula is C14H25NS. The molecule has 2 atom stereocenters. The van der Waals surface area contributed by atoms with Gasteiger partial charge in [0.05, 0.1) is 0 Å². The van der Waals surface area contributed by atoms with E-state index in [9.17, 15) is 0 Å². The van der Waals surface area contributed by atoms with E-state index in [4.69, 9.17) is 0 Å². The molecule has 0 saturated heterocycles. The van der Waals surface area contributed by atoms with Crippen molar-refractivity contribution in [2.75, 3.05) is 7.05 Å². The summed E-state index contributed by atoms with van der Waals surface area (Å²) in [5.74, 6) is 1.30. The van der Waals surface area contributed by atoms with Crippen LogP contribution in [0.15, 0.2) is 22.3 Å². The van der Waals surface area contributed by atoms with Crippen molar-refractivity contribution in [2.24, 2.45) is 11.8 Å². The van der Waals surface area contributed by atoms with Gasteiger partial charge in [-0.25, -0.2) is 0 Å². The Morgan fingerprint density at radius 1 is 1.44 bits per heavy atom. The lowest BCUT2D eigenvalue weighted by molar-refractivity contribution is 0.632. The number of nitrogens with one attached hydrogen (secondary N) is 1. The molecule has 0 bridgehead atoms. The Hall–Kier alpha value is -0.370. The quantitative estimate of drug-likeness (QED) is 0.793. The summed E-state index contributed by atoms with van der Waals surface area (Å²) < 4.78 is 0. The maximum atomic E-state index is 3.30. The van der Waals surface area contributed by atoms with Crippen LogP contribution in [-0.4, -0.2) is 12.3 Å². The molecule has 0 spiro atoms. The maximum absolute atomic E-state index is 3.30. The van der Waals surface area contributed by atoms with Crippen LogP contribution in [0.3, 0.4) is 0 Å². The molecule has 2 heteroatoms. The van der Waals surface area contributed by atoms with E-state index in [1.165, 1.54) is 22.6 Å². The minimum Gasteiger partial charge on any atom is -0.391 e. The fourth-order valence-corrected chi connectivity index (χ4v) is 4.00. The Balaban J connectivity index is 3.05. The number of hydrogen-bond acceptors (Lipinski definition) is 2. The summed E-state index contributed by atoms with van der Waals surface area (Å²) in [5, 5.41) is 4.04. The van der Waals surface area contributed by atoms with Gasteiger partial charge in [0.2, 0.25) is 0 Å². The van der Waals surface area contributed by atoms with E-state index in [0.29, 0.717) is 11.8 Å². The lowest BCUT2D eigenvalue weighted by atomic mass is 9.96. The smallest absolute Gasteiger partial charge is 0.0119 e. The maximum Gasteiger partial charge on any atom is 0.0119 e. The monoisotopic (exact) mass is 239 g/mol. The summed E-state index contributed by atoms with van der Waals surface area (Å²) >= 11 is 2.03. The molecule has 16 heavy (non-hydrogen) atoms. The van der Waals surface area contributed by atoms with Crippen molar-refractivity contribution < 1.29 is 0 Å². The molecule has 1 N–H and O–H groups in total. The largest absolute Gasteiger partial charge is 0.391 e. The topological polar surface area (TPSA) is 12.0 Å². The van der Waals surface area contributed by atoms with Crippen LogP contribution in [0.4, 0.5) is 0 Å². The van der Waals surface area contributed by atoms with E-state index in [1.807, 2.05) is 18.8 Å². The zero-order valence-corrected chi connectivity index (χ0v) is 12.2. The van der Waals surface area contributed by atoms with Crippen LogP contribution in [0.1, 0.15) is 41.0 Å². The van der Waals surface area contributed by atoms with Crippen LogP contribution in [-0.2, 0) is 0 Å². The number of thioether (sulfide) groups is 1. The summed E-state index contributed by atoms with van der Waals surface area (Å²) in [5.41, 5.74) is 2.81. The first-order valence-corrected chi connectivity index (χ1v) is 7.11.